The van der Waals surface area contributed by atoms with Crippen LogP contribution in [0, 0.1) is 11.3 Å². The Hall–Kier alpha value is -0.510. The normalized spacial score (nSPS) is 11.1. The minimum absolute atomic E-state index is 0.124. The molecule has 0 aliphatic rings. The standard InChI is InChI=1S/C10H10BrNO2S2/c1-16(13,14)5-4-15-10-3-2-9(11)6-8(10)7-12/h2-3,6H,4-5H2,1H3. The lowest BCUT2D eigenvalue weighted by molar-refractivity contribution is 0.603. The van der Waals surface area contributed by atoms with Gasteiger partial charge in [0, 0.05) is 21.4 Å². The first-order chi connectivity index (χ1) is 7.42. The molecule has 0 spiro atoms. The van der Waals surface area contributed by atoms with E-state index in [0.717, 1.165) is 9.37 Å². The van der Waals surface area contributed by atoms with E-state index in [4.69, 9.17) is 5.26 Å². The Kier molecular flexibility index (Phi) is 4.84. The van der Waals surface area contributed by atoms with E-state index < -0.39 is 9.84 Å². The Bertz CT molecular complexity index is 520. The van der Waals surface area contributed by atoms with Crippen molar-refractivity contribution in [2.45, 2.75) is 4.90 Å². The highest BCUT2D eigenvalue weighted by Crippen LogP contribution is 2.25. The molecule has 0 N–H and O–H groups in total. The van der Waals surface area contributed by atoms with Crippen LogP contribution >= 0.6 is 27.7 Å². The molecule has 0 heterocycles. The number of sulfone groups is 1. The van der Waals surface area contributed by atoms with Gasteiger partial charge in [-0.05, 0) is 18.2 Å². The molecule has 1 aromatic rings. The fourth-order valence-corrected chi connectivity index (χ4v) is 3.57. The molecule has 3 nitrogen and oxygen atoms in total. The van der Waals surface area contributed by atoms with Crippen molar-refractivity contribution in [3.05, 3.63) is 28.2 Å². The number of nitrogens with zero attached hydrogens (tertiary/aromatic N) is 1. The van der Waals surface area contributed by atoms with Crippen LogP contribution in [-0.4, -0.2) is 26.2 Å². The van der Waals surface area contributed by atoms with Crippen molar-refractivity contribution in [3.8, 4) is 6.07 Å². The fraction of sp³-hybridized carbons (Fsp3) is 0.300. The van der Waals surface area contributed by atoms with Gasteiger partial charge in [0.15, 0.2) is 0 Å². The molecule has 0 atom stereocenters. The molecule has 0 unspecified atom stereocenters. The van der Waals surface area contributed by atoms with E-state index in [1.807, 2.05) is 12.1 Å². The molecule has 86 valence electrons. The van der Waals surface area contributed by atoms with Crippen LogP contribution in [0.4, 0.5) is 0 Å². The highest BCUT2D eigenvalue weighted by Gasteiger charge is 2.06. The summed E-state index contributed by atoms with van der Waals surface area (Å²) in [5, 5.41) is 8.90. The van der Waals surface area contributed by atoms with Crippen molar-refractivity contribution >= 4 is 37.5 Å². The third-order valence-electron chi connectivity index (χ3n) is 1.77. The largest absolute Gasteiger partial charge is 0.229 e. The second-order valence-corrected chi connectivity index (χ2v) is 7.54. The van der Waals surface area contributed by atoms with E-state index in [2.05, 4.69) is 22.0 Å². The van der Waals surface area contributed by atoms with Gasteiger partial charge < -0.3 is 0 Å². The number of thioether (sulfide) groups is 1. The van der Waals surface area contributed by atoms with Gasteiger partial charge in [0.25, 0.3) is 0 Å². The van der Waals surface area contributed by atoms with Crippen LogP contribution in [-0.2, 0) is 9.84 Å². The van der Waals surface area contributed by atoms with Crippen LogP contribution in [0.15, 0.2) is 27.6 Å². The summed E-state index contributed by atoms with van der Waals surface area (Å²) < 4.78 is 22.7. The first kappa shape index (κ1) is 13.6. The van der Waals surface area contributed by atoms with Gasteiger partial charge in [-0.3, -0.25) is 0 Å². The lowest BCUT2D eigenvalue weighted by Gasteiger charge is -2.03. The van der Waals surface area contributed by atoms with Crippen molar-refractivity contribution in [1.29, 1.82) is 5.26 Å². The van der Waals surface area contributed by atoms with Crippen LogP contribution < -0.4 is 0 Å². The van der Waals surface area contributed by atoms with Gasteiger partial charge in [-0.1, -0.05) is 15.9 Å². The van der Waals surface area contributed by atoms with E-state index in [-0.39, 0.29) is 5.75 Å². The highest BCUT2D eigenvalue weighted by atomic mass is 79.9. The van der Waals surface area contributed by atoms with Gasteiger partial charge in [-0.2, -0.15) is 5.26 Å². The van der Waals surface area contributed by atoms with E-state index in [9.17, 15) is 8.42 Å². The minimum Gasteiger partial charge on any atom is -0.229 e. The van der Waals surface area contributed by atoms with Crippen LogP contribution in [0.25, 0.3) is 0 Å². The van der Waals surface area contributed by atoms with E-state index in [0.29, 0.717) is 11.3 Å². The lowest BCUT2D eigenvalue weighted by Crippen LogP contribution is -2.05. The van der Waals surface area contributed by atoms with E-state index >= 15 is 0 Å². The monoisotopic (exact) mass is 319 g/mol. The molecule has 0 aromatic heterocycles. The molecule has 0 amide bonds. The maximum atomic E-state index is 10.9. The molecule has 6 heteroatoms. The summed E-state index contributed by atoms with van der Waals surface area (Å²) in [6, 6.07) is 7.46. The topological polar surface area (TPSA) is 57.9 Å². The average Bonchev–Trinajstić information content (AvgIpc) is 2.18. The highest BCUT2D eigenvalue weighted by molar-refractivity contribution is 9.10. The Labute approximate surface area is 108 Å². The Balaban J connectivity index is 2.72. The number of hydrogen-bond donors (Lipinski definition) is 0. The summed E-state index contributed by atoms with van der Waals surface area (Å²) >= 11 is 4.67. The summed E-state index contributed by atoms with van der Waals surface area (Å²) in [6.45, 7) is 0. The number of benzene rings is 1. The molecule has 1 rings (SSSR count). The minimum atomic E-state index is -2.94. The number of halogens is 1. The van der Waals surface area contributed by atoms with Crippen LogP contribution in [0.1, 0.15) is 5.56 Å². The second kappa shape index (κ2) is 5.71. The quantitative estimate of drug-likeness (QED) is 0.800. The predicted molar refractivity (Wildman–Crippen MR) is 69.3 cm³/mol. The second-order valence-electron chi connectivity index (χ2n) is 3.23. The van der Waals surface area contributed by atoms with Gasteiger partial charge in [-0.25, -0.2) is 8.42 Å². The van der Waals surface area contributed by atoms with Gasteiger partial charge in [0.2, 0.25) is 0 Å². The first-order valence-corrected chi connectivity index (χ1v) is 8.26. The maximum absolute atomic E-state index is 10.9. The molecule has 0 fully saturated rings. The van der Waals surface area contributed by atoms with Gasteiger partial charge in [0.05, 0.1) is 11.3 Å². The molecular formula is C10H10BrNO2S2. The molecule has 0 saturated heterocycles. The van der Waals surface area contributed by atoms with Crippen molar-refractivity contribution in [1.82, 2.24) is 0 Å². The summed E-state index contributed by atoms with van der Waals surface area (Å²) in [5.74, 6) is 0.591. The molecular weight excluding hydrogens is 310 g/mol. The third kappa shape index (κ3) is 4.56. The molecule has 16 heavy (non-hydrogen) atoms. The Morgan fingerprint density at radius 2 is 2.19 bits per heavy atom. The molecule has 1 aromatic carbocycles. The molecule has 0 aliphatic carbocycles. The Morgan fingerprint density at radius 1 is 1.50 bits per heavy atom. The van der Waals surface area contributed by atoms with Crippen molar-refractivity contribution in [3.63, 3.8) is 0 Å². The number of nitriles is 1. The molecule has 0 aliphatic heterocycles. The molecule has 0 saturated carbocycles. The van der Waals surface area contributed by atoms with E-state index in [1.165, 1.54) is 18.0 Å². The maximum Gasteiger partial charge on any atom is 0.148 e. The smallest absolute Gasteiger partial charge is 0.148 e. The summed E-state index contributed by atoms with van der Waals surface area (Å²) in [7, 11) is -2.94. The van der Waals surface area contributed by atoms with Crippen LogP contribution in [0.2, 0.25) is 0 Å². The first-order valence-electron chi connectivity index (χ1n) is 4.42. The number of rotatable bonds is 4. The van der Waals surface area contributed by atoms with Crippen LogP contribution in [0.5, 0.6) is 0 Å². The molecule has 0 radical (unpaired) electrons. The van der Waals surface area contributed by atoms with Crippen molar-refractivity contribution < 1.29 is 8.42 Å². The zero-order chi connectivity index (χ0) is 12.2. The van der Waals surface area contributed by atoms with Gasteiger partial charge >= 0.3 is 0 Å². The molecule has 0 bridgehead atoms. The third-order valence-corrected chi connectivity index (χ3v) is 4.55. The summed E-state index contributed by atoms with van der Waals surface area (Å²) in [5.41, 5.74) is 0.563. The average molecular weight is 320 g/mol. The predicted octanol–water partition coefficient (Wildman–Crippen LogP) is 2.46. The van der Waals surface area contributed by atoms with Crippen molar-refractivity contribution in [2.75, 3.05) is 17.8 Å². The summed E-state index contributed by atoms with van der Waals surface area (Å²) in [4.78, 5) is 0.814. The zero-order valence-corrected chi connectivity index (χ0v) is 11.8. The number of hydrogen-bond acceptors (Lipinski definition) is 4. The zero-order valence-electron chi connectivity index (χ0n) is 8.60. The van der Waals surface area contributed by atoms with E-state index in [1.54, 1.807) is 6.07 Å². The van der Waals surface area contributed by atoms with Crippen molar-refractivity contribution in [2.24, 2.45) is 0 Å². The summed E-state index contributed by atoms with van der Waals surface area (Å²) in [6.07, 6.45) is 1.21. The van der Waals surface area contributed by atoms with Gasteiger partial charge in [0.1, 0.15) is 15.9 Å². The Morgan fingerprint density at radius 3 is 2.75 bits per heavy atom. The SMILES string of the molecule is CS(=O)(=O)CCSc1ccc(Br)cc1C#N. The lowest BCUT2D eigenvalue weighted by atomic mass is 10.2. The fourth-order valence-electron chi connectivity index (χ4n) is 1.02. The van der Waals surface area contributed by atoms with Gasteiger partial charge in [-0.15, -0.1) is 11.8 Å². The van der Waals surface area contributed by atoms with Crippen LogP contribution in [0.3, 0.4) is 0 Å².